The van der Waals surface area contributed by atoms with E-state index < -0.39 is 0 Å². The topological polar surface area (TPSA) is 41.6 Å². The Balaban J connectivity index is 3.11. The summed E-state index contributed by atoms with van der Waals surface area (Å²) in [7, 11) is 1.96. The van der Waals surface area contributed by atoms with Gasteiger partial charge in [0.05, 0.1) is 23.9 Å². The van der Waals surface area contributed by atoms with E-state index in [0.29, 0.717) is 6.42 Å². The van der Waals surface area contributed by atoms with Crippen LogP contribution in [0.3, 0.4) is 0 Å². The van der Waals surface area contributed by atoms with Gasteiger partial charge in [0, 0.05) is 13.5 Å². The van der Waals surface area contributed by atoms with Crippen LogP contribution in [0, 0.1) is 18.3 Å². The quantitative estimate of drug-likeness (QED) is 0.660. The summed E-state index contributed by atoms with van der Waals surface area (Å²) in [6.07, 6.45) is 1.37. The van der Waals surface area contributed by atoms with Gasteiger partial charge >= 0.3 is 0 Å². The van der Waals surface area contributed by atoms with E-state index in [1.807, 2.05) is 18.5 Å². The van der Waals surface area contributed by atoms with Crippen molar-refractivity contribution < 1.29 is 0 Å². The van der Waals surface area contributed by atoms with Crippen LogP contribution in [0.15, 0.2) is 0 Å². The highest BCUT2D eigenvalue weighted by Gasteiger charge is 2.08. The van der Waals surface area contributed by atoms with Crippen molar-refractivity contribution >= 4 is 0 Å². The maximum absolute atomic E-state index is 8.56. The van der Waals surface area contributed by atoms with Gasteiger partial charge in [-0.2, -0.15) is 5.26 Å². The fraction of sp³-hybridized carbons (Fsp3) is 0.556. The van der Waals surface area contributed by atoms with Crippen LogP contribution >= 0.6 is 0 Å². The summed E-state index contributed by atoms with van der Waals surface area (Å²) in [6.45, 7) is 4.02. The van der Waals surface area contributed by atoms with Crippen LogP contribution in [-0.4, -0.2) is 9.55 Å². The van der Waals surface area contributed by atoms with Crippen molar-refractivity contribution in [2.75, 3.05) is 0 Å². The van der Waals surface area contributed by atoms with Crippen LogP contribution in [0.25, 0.3) is 0 Å². The predicted octanol–water partition coefficient (Wildman–Crippen LogP) is 1.36. The van der Waals surface area contributed by atoms with Gasteiger partial charge < -0.3 is 4.57 Å². The first-order valence-corrected chi connectivity index (χ1v) is 4.08. The van der Waals surface area contributed by atoms with E-state index in [1.54, 1.807) is 0 Å². The summed E-state index contributed by atoms with van der Waals surface area (Å²) in [4.78, 5) is 4.36. The molecule has 0 N–H and O–H groups in total. The van der Waals surface area contributed by atoms with E-state index in [0.717, 1.165) is 23.6 Å². The summed E-state index contributed by atoms with van der Waals surface area (Å²) < 4.78 is 2.01. The number of imidazole rings is 1. The van der Waals surface area contributed by atoms with Crippen molar-refractivity contribution in [3.8, 4) is 6.07 Å². The largest absolute Gasteiger partial charge is 0.334 e. The van der Waals surface area contributed by atoms with Gasteiger partial charge in [-0.25, -0.2) is 4.98 Å². The van der Waals surface area contributed by atoms with Gasteiger partial charge in [-0.1, -0.05) is 6.92 Å². The predicted molar refractivity (Wildman–Crippen MR) is 46.6 cm³/mol. The van der Waals surface area contributed by atoms with Crippen molar-refractivity contribution in [2.24, 2.45) is 7.05 Å². The smallest absolute Gasteiger partial charge is 0.108 e. The Hall–Kier alpha value is -1.30. The minimum absolute atomic E-state index is 0.454. The average Bonchev–Trinajstić information content (AvgIpc) is 2.32. The van der Waals surface area contributed by atoms with E-state index in [9.17, 15) is 0 Å². The second kappa shape index (κ2) is 3.40. The molecule has 12 heavy (non-hydrogen) atoms. The molecule has 0 amide bonds. The van der Waals surface area contributed by atoms with E-state index in [4.69, 9.17) is 5.26 Å². The van der Waals surface area contributed by atoms with Gasteiger partial charge in [-0.15, -0.1) is 0 Å². The number of hydrogen-bond acceptors (Lipinski definition) is 2. The molecule has 0 atom stereocenters. The third-order valence-corrected chi connectivity index (χ3v) is 2.07. The van der Waals surface area contributed by atoms with Gasteiger partial charge in [0.25, 0.3) is 0 Å². The van der Waals surface area contributed by atoms with Crippen LogP contribution in [0.2, 0.25) is 0 Å². The highest BCUT2D eigenvalue weighted by Crippen LogP contribution is 2.09. The molecule has 1 rings (SSSR count). The SMILES string of the molecule is CCc1nc(C)c(CC#N)n1C. The Kier molecular flexibility index (Phi) is 2.49. The zero-order chi connectivity index (χ0) is 9.14. The Morgan fingerprint density at radius 2 is 2.25 bits per heavy atom. The molecular formula is C9H13N3. The summed E-state index contributed by atoms with van der Waals surface area (Å²) in [5.74, 6) is 1.05. The Morgan fingerprint density at radius 3 is 2.67 bits per heavy atom. The molecule has 3 nitrogen and oxygen atoms in total. The molecule has 0 bridgehead atoms. The second-order valence-electron chi connectivity index (χ2n) is 2.81. The zero-order valence-electron chi connectivity index (χ0n) is 7.76. The number of rotatable bonds is 2. The van der Waals surface area contributed by atoms with E-state index in [-0.39, 0.29) is 0 Å². The molecule has 0 fully saturated rings. The maximum atomic E-state index is 8.56. The summed E-state index contributed by atoms with van der Waals surface area (Å²) in [6, 6.07) is 2.14. The van der Waals surface area contributed by atoms with Crippen molar-refractivity contribution in [1.29, 1.82) is 5.26 Å². The molecule has 1 aromatic rings. The lowest BCUT2D eigenvalue weighted by atomic mass is 10.3. The highest BCUT2D eigenvalue weighted by atomic mass is 15.1. The number of nitrogens with zero attached hydrogens (tertiary/aromatic N) is 3. The molecule has 0 radical (unpaired) electrons. The van der Waals surface area contributed by atoms with Gasteiger partial charge in [0.1, 0.15) is 5.82 Å². The van der Waals surface area contributed by atoms with E-state index in [1.165, 1.54) is 0 Å². The Morgan fingerprint density at radius 1 is 1.58 bits per heavy atom. The fourth-order valence-corrected chi connectivity index (χ4v) is 1.37. The van der Waals surface area contributed by atoms with Crippen molar-refractivity contribution in [1.82, 2.24) is 9.55 Å². The first kappa shape index (κ1) is 8.79. The average molecular weight is 163 g/mol. The number of aromatic nitrogens is 2. The minimum atomic E-state index is 0.454. The molecule has 0 saturated carbocycles. The van der Waals surface area contributed by atoms with Crippen LogP contribution in [-0.2, 0) is 19.9 Å². The van der Waals surface area contributed by atoms with Crippen molar-refractivity contribution in [3.05, 3.63) is 17.2 Å². The highest BCUT2D eigenvalue weighted by molar-refractivity contribution is 5.18. The molecule has 1 aromatic heterocycles. The number of hydrogen-bond donors (Lipinski definition) is 0. The van der Waals surface area contributed by atoms with Crippen molar-refractivity contribution in [3.63, 3.8) is 0 Å². The number of nitriles is 1. The van der Waals surface area contributed by atoms with Crippen LogP contribution in [0.5, 0.6) is 0 Å². The Labute approximate surface area is 72.7 Å². The molecule has 0 unspecified atom stereocenters. The molecule has 3 heteroatoms. The second-order valence-corrected chi connectivity index (χ2v) is 2.81. The third-order valence-electron chi connectivity index (χ3n) is 2.07. The van der Waals surface area contributed by atoms with Crippen molar-refractivity contribution in [2.45, 2.75) is 26.7 Å². The molecule has 0 aromatic carbocycles. The fourth-order valence-electron chi connectivity index (χ4n) is 1.37. The van der Waals surface area contributed by atoms with Gasteiger partial charge in [0.2, 0.25) is 0 Å². The first-order valence-electron chi connectivity index (χ1n) is 4.08. The third kappa shape index (κ3) is 1.33. The summed E-state index contributed by atoms with van der Waals surface area (Å²) >= 11 is 0. The lowest BCUT2D eigenvalue weighted by molar-refractivity contribution is 0.775. The van der Waals surface area contributed by atoms with Crippen LogP contribution in [0.4, 0.5) is 0 Å². The monoisotopic (exact) mass is 163 g/mol. The zero-order valence-corrected chi connectivity index (χ0v) is 7.76. The molecular weight excluding hydrogens is 150 g/mol. The maximum Gasteiger partial charge on any atom is 0.108 e. The van der Waals surface area contributed by atoms with Gasteiger partial charge in [-0.05, 0) is 6.92 Å². The first-order chi connectivity index (χ1) is 5.70. The van der Waals surface area contributed by atoms with E-state index >= 15 is 0 Å². The van der Waals surface area contributed by atoms with Crippen LogP contribution < -0.4 is 0 Å². The standard InChI is InChI=1S/C9H13N3/c1-4-9-11-7(2)8(5-6-10)12(9)3/h4-5H2,1-3H3. The normalized spacial score (nSPS) is 9.83. The summed E-state index contributed by atoms with van der Waals surface area (Å²) in [5, 5.41) is 8.56. The molecule has 0 saturated heterocycles. The van der Waals surface area contributed by atoms with E-state index in [2.05, 4.69) is 18.0 Å². The molecule has 0 aliphatic heterocycles. The van der Waals surface area contributed by atoms with Gasteiger partial charge in [0.15, 0.2) is 0 Å². The van der Waals surface area contributed by atoms with Gasteiger partial charge in [-0.3, -0.25) is 0 Å². The number of aryl methyl sites for hydroxylation is 2. The molecule has 0 aliphatic carbocycles. The molecule has 0 aliphatic rings. The lowest BCUT2D eigenvalue weighted by Crippen LogP contribution is -2.00. The molecule has 1 heterocycles. The lowest BCUT2D eigenvalue weighted by Gasteiger charge is -2.00. The summed E-state index contributed by atoms with van der Waals surface area (Å²) in [5.41, 5.74) is 2.02. The molecule has 64 valence electrons. The molecule has 0 spiro atoms. The van der Waals surface area contributed by atoms with Crippen LogP contribution in [0.1, 0.15) is 24.1 Å². The Bertz CT molecular complexity index is 317. The minimum Gasteiger partial charge on any atom is -0.334 e.